The van der Waals surface area contributed by atoms with E-state index >= 15 is 0 Å². The monoisotopic (exact) mass is 319 g/mol. The molecule has 23 heavy (non-hydrogen) atoms. The van der Waals surface area contributed by atoms with Gasteiger partial charge in [-0.2, -0.15) is 0 Å². The molecule has 0 unspecified atom stereocenters. The summed E-state index contributed by atoms with van der Waals surface area (Å²) in [6.45, 7) is 3.86. The van der Waals surface area contributed by atoms with Crippen LogP contribution in [0.25, 0.3) is 0 Å². The number of nitro benzene ring substituents is 1. The number of fused-ring (bicyclic) bond motifs is 3. The highest BCUT2D eigenvalue weighted by Gasteiger charge is 2.55. The van der Waals surface area contributed by atoms with E-state index in [4.69, 9.17) is 0 Å². The highest BCUT2D eigenvalue weighted by atomic mass is 16.6. The van der Waals surface area contributed by atoms with Gasteiger partial charge in [-0.3, -0.25) is 14.9 Å². The number of carboxylic acids is 1. The SMILES string of the molecule is C[C@@]1(C(=O)O)CCC[C@]2(C)c3cc(O)c([N+](=O)[O-])cc3CC[C@@H]12. The molecule has 0 radical (unpaired) electrons. The van der Waals surface area contributed by atoms with E-state index in [1.165, 1.54) is 12.1 Å². The van der Waals surface area contributed by atoms with Crippen LogP contribution < -0.4 is 0 Å². The fourth-order valence-electron chi connectivity index (χ4n) is 4.89. The number of aryl methyl sites for hydroxylation is 1. The van der Waals surface area contributed by atoms with Gasteiger partial charge in [0.05, 0.1) is 10.3 Å². The van der Waals surface area contributed by atoms with Crippen molar-refractivity contribution in [2.45, 2.75) is 51.4 Å². The van der Waals surface area contributed by atoms with Gasteiger partial charge in [0.25, 0.3) is 0 Å². The Labute approximate surface area is 134 Å². The Morgan fingerprint density at radius 1 is 1.35 bits per heavy atom. The van der Waals surface area contributed by atoms with Gasteiger partial charge in [-0.15, -0.1) is 0 Å². The number of nitrogens with zero attached hydrogens (tertiary/aromatic N) is 1. The summed E-state index contributed by atoms with van der Waals surface area (Å²) >= 11 is 0. The van der Waals surface area contributed by atoms with Crippen molar-refractivity contribution in [3.63, 3.8) is 0 Å². The second-order valence-electron chi connectivity index (χ2n) is 7.34. The Bertz CT molecular complexity index is 700. The van der Waals surface area contributed by atoms with Crippen LogP contribution in [0.4, 0.5) is 5.69 Å². The van der Waals surface area contributed by atoms with Gasteiger partial charge in [-0.1, -0.05) is 13.3 Å². The van der Waals surface area contributed by atoms with E-state index in [-0.39, 0.29) is 22.8 Å². The molecule has 124 valence electrons. The zero-order valence-electron chi connectivity index (χ0n) is 13.3. The van der Waals surface area contributed by atoms with Crippen LogP contribution in [0.3, 0.4) is 0 Å². The summed E-state index contributed by atoms with van der Waals surface area (Å²) in [6, 6.07) is 2.95. The molecule has 3 rings (SSSR count). The molecule has 0 spiro atoms. The molecule has 1 saturated carbocycles. The van der Waals surface area contributed by atoms with E-state index in [0.717, 1.165) is 24.0 Å². The van der Waals surface area contributed by atoms with Gasteiger partial charge in [0.15, 0.2) is 5.75 Å². The van der Waals surface area contributed by atoms with E-state index in [0.29, 0.717) is 19.3 Å². The van der Waals surface area contributed by atoms with Crippen LogP contribution in [0.5, 0.6) is 5.75 Å². The van der Waals surface area contributed by atoms with Crippen LogP contribution in [0.2, 0.25) is 0 Å². The number of phenols is 1. The number of phenolic OH excluding ortho intramolecular Hbond substituents is 1. The molecule has 2 aliphatic rings. The Hall–Kier alpha value is -2.11. The van der Waals surface area contributed by atoms with Gasteiger partial charge >= 0.3 is 11.7 Å². The van der Waals surface area contributed by atoms with Crippen LogP contribution in [-0.2, 0) is 16.6 Å². The highest BCUT2D eigenvalue weighted by Crippen LogP contribution is 2.58. The lowest BCUT2D eigenvalue weighted by atomic mass is 9.50. The van der Waals surface area contributed by atoms with Crippen molar-refractivity contribution in [2.75, 3.05) is 0 Å². The first-order valence-corrected chi connectivity index (χ1v) is 7.94. The third kappa shape index (κ3) is 2.11. The van der Waals surface area contributed by atoms with Crippen molar-refractivity contribution in [1.82, 2.24) is 0 Å². The summed E-state index contributed by atoms with van der Waals surface area (Å²) in [7, 11) is 0. The van der Waals surface area contributed by atoms with E-state index in [1.54, 1.807) is 0 Å². The van der Waals surface area contributed by atoms with Crippen LogP contribution in [0.1, 0.15) is 50.7 Å². The maximum absolute atomic E-state index is 11.9. The number of hydrogen-bond donors (Lipinski definition) is 2. The maximum atomic E-state index is 11.9. The number of carboxylic acid groups (broad SMARTS) is 1. The van der Waals surface area contributed by atoms with E-state index in [1.807, 2.05) is 13.8 Å². The Morgan fingerprint density at radius 3 is 2.65 bits per heavy atom. The van der Waals surface area contributed by atoms with Crippen LogP contribution in [-0.4, -0.2) is 21.1 Å². The molecule has 3 atom stereocenters. The molecule has 0 amide bonds. The fraction of sp³-hybridized carbons (Fsp3) is 0.588. The number of aliphatic carboxylic acids is 1. The molecule has 1 fully saturated rings. The van der Waals surface area contributed by atoms with Crippen molar-refractivity contribution in [3.8, 4) is 5.75 Å². The quantitative estimate of drug-likeness (QED) is 0.642. The molecule has 6 heteroatoms. The average Bonchev–Trinajstić information content (AvgIpc) is 2.46. The van der Waals surface area contributed by atoms with Crippen LogP contribution in [0, 0.1) is 21.4 Å². The molecule has 0 heterocycles. The Morgan fingerprint density at radius 2 is 2.04 bits per heavy atom. The topological polar surface area (TPSA) is 101 Å². The maximum Gasteiger partial charge on any atom is 0.310 e. The summed E-state index contributed by atoms with van der Waals surface area (Å²) in [5.74, 6) is -1.14. The molecule has 2 N–H and O–H groups in total. The first-order chi connectivity index (χ1) is 10.7. The second-order valence-corrected chi connectivity index (χ2v) is 7.34. The predicted molar refractivity (Wildman–Crippen MR) is 83.5 cm³/mol. The minimum atomic E-state index is -0.790. The number of aromatic hydroxyl groups is 1. The predicted octanol–water partition coefficient (Wildman–Crippen LogP) is 3.40. The molecule has 0 aliphatic heterocycles. The average molecular weight is 319 g/mol. The Balaban J connectivity index is 2.15. The summed E-state index contributed by atoms with van der Waals surface area (Å²) in [5.41, 5.74) is 0.308. The minimum Gasteiger partial charge on any atom is -0.502 e. The number of benzene rings is 1. The smallest absolute Gasteiger partial charge is 0.310 e. The molecule has 2 aliphatic carbocycles. The van der Waals surface area contributed by atoms with Gasteiger partial charge in [-0.05, 0) is 61.1 Å². The molecular weight excluding hydrogens is 298 g/mol. The number of carbonyl (C=O) groups is 1. The number of nitro groups is 1. The first kappa shape index (κ1) is 15.8. The second kappa shape index (κ2) is 4.94. The molecule has 1 aromatic carbocycles. The van der Waals surface area contributed by atoms with Gasteiger partial charge < -0.3 is 10.2 Å². The molecule has 0 aromatic heterocycles. The first-order valence-electron chi connectivity index (χ1n) is 7.94. The van der Waals surface area contributed by atoms with Gasteiger partial charge in [0.2, 0.25) is 0 Å². The minimum absolute atomic E-state index is 0.0328. The molecule has 6 nitrogen and oxygen atoms in total. The van der Waals surface area contributed by atoms with Gasteiger partial charge in [-0.25, -0.2) is 0 Å². The zero-order valence-corrected chi connectivity index (χ0v) is 13.3. The summed E-state index contributed by atoms with van der Waals surface area (Å²) in [6.07, 6.45) is 3.60. The Kier molecular flexibility index (Phi) is 3.39. The van der Waals surface area contributed by atoms with Crippen molar-refractivity contribution in [3.05, 3.63) is 33.4 Å². The highest BCUT2D eigenvalue weighted by molar-refractivity contribution is 5.75. The van der Waals surface area contributed by atoms with Gasteiger partial charge in [0, 0.05) is 6.07 Å². The number of hydrogen-bond acceptors (Lipinski definition) is 4. The molecule has 0 bridgehead atoms. The van der Waals surface area contributed by atoms with Crippen molar-refractivity contribution < 1.29 is 19.9 Å². The van der Waals surface area contributed by atoms with Crippen molar-refractivity contribution >= 4 is 11.7 Å². The normalized spacial score (nSPS) is 32.7. The summed E-state index contributed by atoms with van der Waals surface area (Å²) in [5, 5.41) is 30.8. The lowest BCUT2D eigenvalue weighted by Gasteiger charge is -2.53. The van der Waals surface area contributed by atoms with E-state index in [9.17, 15) is 25.1 Å². The lowest BCUT2D eigenvalue weighted by Crippen LogP contribution is -2.52. The van der Waals surface area contributed by atoms with E-state index < -0.39 is 16.3 Å². The van der Waals surface area contributed by atoms with Crippen LogP contribution >= 0.6 is 0 Å². The largest absolute Gasteiger partial charge is 0.502 e. The summed E-state index contributed by atoms with van der Waals surface area (Å²) in [4.78, 5) is 22.3. The molecule has 1 aromatic rings. The third-order valence-electron chi connectivity index (χ3n) is 6.13. The number of rotatable bonds is 2. The summed E-state index contributed by atoms with van der Waals surface area (Å²) < 4.78 is 0. The van der Waals surface area contributed by atoms with Crippen molar-refractivity contribution in [2.24, 2.45) is 11.3 Å². The fourth-order valence-corrected chi connectivity index (χ4v) is 4.89. The van der Waals surface area contributed by atoms with Crippen molar-refractivity contribution in [1.29, 1.82) is 0 Å². The lowest BCUT2D eigenvalue weighted by molar-refractivity contribution is -0.386. The van der Waals surface area contributed by atoms with Gasteiger partial charge in [0.1, 0.15) is 0 Å². The van der Waals surface area contributed by atoms with Crippen LogP contribution in [0.15, 0.2) is 12.1 Å². The third-order valence-corrected chi connectivity index (χ3v) is 6.13. The molecule has 0 saturated heterocycles. The zero-order chi connectivity index (χ0) is 17.0. The molecular formula is C17H21NO5. The standard InChI is InChI=1S/C17H21NO5/c1-16-6-3-7-17(2,15(20)21)14(16)5-4-10-8-12(18(22)23)13(19)9-11(10)16/h8-9,14,19H,3-7H2,1-2H3,(H,20,21)/t14-,16-,17-/m1/s1. The van der Waals surface area contributed by atoms with E-state index in [2.05, 4.69) is 0 Å².